The predicted molar refractivity (Wildman–Crippen MR) is 107 cm³/mol. The van der Waals surface area contributed by atoms with E-state index in [-0.39, 0.29) is 11.4 Å². The summed E-state index contributed by atoms with van der Waals surface area (Å²) >= 11 is 0. The van der Waals surface area contributed by atoms with Crippen LogP contribution in [0.4, 0.5) is 0 Å². The van der Waals surface area contributed by atoms with Gasteiger partial charge in [0.25, 0.3) is 0 Å². The maximum absolute atomic E-state index is 11.9. The zero-order chi connectivity index (χ0) is 18.9. The van der Waals surface area contributed by atoms with E-state index in [1.54, 1.807) is 0 Å². The number of amides is 1. The zero-order valence-corrected chi connectivity index (χ0v) is 16.9. The number of fused-ring (bicyclic) bond motifs is 1. The van der Waals surface area contributed by atoms with E-state index < -0.39 is 0 Å². The Balaban J connectivity index is 1.53. The lowest BCUT2D eigenvalue weighted by atomic mass is 9.86. The number of likely N-dealkylation sites (N-methyl/N-ethyl adjacent to an activating group) is 1. The van der Waals surface area contributed by atoms with E-state index >= 15 is 0 Å². The fourth-order valence-electron chi connectivity index (χ4n) is 5.12. The maximum Gasteiger partial charge on any atom is 0.220 e. The first kappa shape index (κ1) is 18.8. The van der Waals surface area contributed by atoms with Crippen molar-refractivity contribution in [2.75, 3.05) is 39.8 Å². The van der Waals surface area contributed by atoms with Gasteiger partial charge in [0.15, 0.2) is 0 Å². The molecule has 1 atom stereocenters. The lowest BCUT2D eigenvalue weighted by Gasteiger charge is -2.49. The molecule has 4 rings (SSSR count). The smallest absolute Gasteiger partial charge is 0.220 e. The second kappa shape index (κ2) is 7.80. The first-order valence-corrected chi connectivity index (χ1v) is 10.6. The molecule has 1 N–H and O–H groups in total. The molecule has 1 aromatic rings. The van der Waals surface area contributed by atoms with Crippen molar-refractivity contribution in [2.45, 2.75) is 57.5 Å². The lowest BCUT2D eigenvalue weighted by molar-refractivity contribution is -0.121. The minimum Gasteiger partial charge on any atom is -0.494 e. The van der Waals surface area contributed by atoms with Crippen molar-refractivity contribution >= 4 is 5.91 Å². The van der Waals surface area contributed by atoms with Gasteiger partial charge in [-0.2, -0.15) is 0 Å². The molecule has 1 spiro atoms. The average Bonchev–Trinajstić information content (AvgIpc) is 3.02. The van der Waals surface area contributed by atoms with Crippen LogP contribution in [0.5, 0.6) is 5.75 Å². The monoisotopic (exact) mass is 371 g/mol. The highest BCUT2D eigenvalue weighted by molar-refractivity contribution is 5.76. The number of piperazine rings is 1. The largest absolute Gasteiger partial charge is 0.494 e. The highest BCUT2D eigenvalue weighted by Crippen LogP contribution is 2.34. The Morgan fingerprint density at radius 1 is 1.15 bits per heavy atom. The molecule has 27 heavy (non-hydrogen) atoms. The van der Waals surface area contributed by atoms with E-state index in [0.717, 1.165) is 51.3 Å². The van der Waals surface area contributed by atoms with Crippen molar-refractivity contribution < 1.29 is 9.53 Å². The van der Waals surface area contributed by atoms with Gasteiger partial charge < -0.3 is 10.1 Å². The van der Waals surface area contributed by atoms with Crippen LogP contribution < -0.4 is 10.1 Å². The molecule has 5 heteroatoms. The van der Waals surface area contributed by atoms with Crippen LogP contribution in [-0.2, 0) is 24.2 Å². The third-order valence-corrected chi connectivity index (χ3v) is 6.78. The molecule has 148 valence electrons. The Morgan fingerprint density at radius 3 is 2.78 bits per heavy atom. The van der Waals surface area contributed by atoms with Crippen LogP contribution in [0.15, 0.2) is 12.1 Å². The molecule has 1 aliphatic carbocycles. The second-order valence-electron chi connectivity index (χ2n) is 8.47. The third kappa shape index (κ3) is 3.85. The Kier molecular flexibility index (Phi) is 5.42. The molecule has 0 radical (unpaired) electrons. The topological polar surface area (TPSA) is 44.8 Å². The summed E-state index contributed by atoms with van der Waals surface area (Å²) in [5, 5.41) is 3.05. The summed E-state index contributed by atoms with van der Waals surface area (Å²) in [4.78, 5) is 16.9. The van der Waals surface area contributed by atoms with Gasteiger partial charge in [0.05, 0.1) is 6.61 Å². The number of aryl methyl sites for hydroxylation is 2. The molecule has 1 amide bonds. The van der Waals surface area contributed by atoms with Crippen molar-refractivity contribution in [2.24, 2.45) is 0 Å². The molecule has 2 saturated heterocycles. The van der Waals surface area contributed by atoms with Gasteiger partial charge in [-0.1, -0.05) is 6.07 Å². The van der Waals surface area contributed by atoms with Crippen LogP contribution in [0.3, 0.4) is 0 Å². The van der Waals surface area contributed by atoms with Crippen molar-refractivity contribution in [3.05, 3.63) is 28.8 Å². The van der Waals surface area contributed by atoms with E-state index in [1.165, 1.54) is 36.0 Å². The van der Waals surface area contributed by atoms with Gasteiger partial charge in [0, 0.05) is 50.2 Å². The number of benzene rings is 1. The number of rotatable bonds is 4. The quantitative estimate of drug-likeness (QED) is 0.883. The van der Waals surface area contributed by atoms with Crippen molar-refractivity contribution in [3.63, 3.8) is 0 Å². The SMILES string of the molecule is CCOc1cc2c(cc1CN1CCN(C)[C@]3(CCNC(=O)CC3)C1)CCC2. The maximum atomic E-state index is 11.9. The number of hydrogen-bond donors (Lipinski definition) is 1. The predicted octanol–water partition coefficient (Wildman–Crippen LogP) is 2.36. The Bertz CT molecular complexity index is 705. The van der Waals surface area contributed by atoms with E-state index in [9.17, 15) is 4.79 Å². The molecular formula is C22H33N3O2. The first-order valence-electron chi connectivity index (χ1n) is 10.6. The van der Waals surface area contributed by atoms with Gasteiger partial charge in [-0.15, -0.1) is 0 Å². The molecule has 2 heterocycles. The summed E-state index contributed by atoms with van der Waals surface area (Å²) in [6.07, 6.45) is 6.29. The van der Waals surface area contributed by atoms with Crippen molar-refractivity contribution in [1.82, 2.24) is 15.1 Å². The standard InChI is InChI=1S/C22H33N3O2/c1-3-27-20-14-18-6-4-5-17(18)13-19(20)15-25-12-11-24(2)22(16-25)8-7-21(26)23-10-9-22/h13-14H,3-12,15-16H2,1-2H3,(H,23,26)/t22-/m1/s1. The molecule has 3 aliphatic rings. The number of carbonyl (C=O) groups is 1. The van der Waals surface area contributed by atoms with Crippen LogP contribution >= 0.6 is 0 Å². The first-order chi connectivity index (χ1) is 13.1. The number of ether oxygens (including phenoxy) is 1. The number of nitrogens with zero attached hydrogens (tertiary/aromatic N) is 2. The lowest BCUT2D eigenvalue weighted by Crippen LogP contribution is -2.60. The van der Waals surface area contributed by atoms with Gasteiger partial charge in [0.1, 0.15) is 5.75 Å². The summed E-state index contributed by atoms with van der Waals surface area (Å²) in [6, 6.07) is 4.69. The average molecular weight is 372 g/mol. The summed E-state index contributed by atoms with van der Waals surface area (Å²) < 4.78 is 6.00. The summed E-state index contributed by atoms with van der Waals surface area (Å²) in [5.74, 6) is 1.28. The van der Waals surface area contributed by atoms with Crippen LogP contribution in [0.1, 0.15) is 49.3 Å². The molecule has 1 aromatic carbocycles. The fourth-order valence-corrected chi connectivity index (χ4v) is 5.12. The van der Waals surface area contributed by atoms with Crippen LogP contribution in [0, 0.1) is 0 Å². The van der Waals surface area contributed by atoms with Gasteiger partial charge in [0.2, 0.25) is 5.91 Å². The minimum absolute atomic E-state index is 0.111. The van der Waals surface area contributed by atoms with Crippen LogP contribution in [0.2, 0.25) is 0 Å². The fraction of sp³-hybridized carbons (Fsp3) is 0.682. The summed E-state index contributed by atoms with van der Waals surface area (Å²) in [5.41, 5.74) is 4.44. The number of hydrogen-bond acceptors (Lipinski definition) is 4. The Hall–Kier alpha value is -1.59. The van der Waals surface area contributed by atoms with E-state index in [4.69, 9.17) is 4.74 Å². The van der Waals surface area contributed by atoms with Crippen LogP contribution in [0.25, 0.3) is 0 Å². The van der Waals surface area contributed by atoms with E-state index in [0.29, 0.717) is 13.0 Å². The minimum atomic E-state index is 0.111. The van der Waals surface area contributed by atoms with Gasteiger partial charge >= 0.3 is 0 Å². The van der Waals surface area contributed by atoms with Crippen molar-refractivity contribution in [3.8, 4) is 5.75 Å². The summed E-state index contributed by atoms with van der Waals surface area (Å²) in [7, 11) is 2.23. The second-order valence-corrected chi connectivity index (χ2v) is 8.47. The molecule has 5 nitrogen and oxygen atoms in total. The molecule has 0 aromatic heterocycles. The zero-order valence-electron chi connectivity index (χ0n) is 16.9. The summed E-state index contributed by atoms with van der Waals surface area (Å²) in [6.45, 7) is 7.68. The molecule has 2 aliphatic heterocycles. The molecule has 0 bridgehead atoms. The van der Waals surface area contributed by atoms with Gasteiger partial charge in [-0.25, -0.2) is 0 Å². The molecule has 2 fully saturated rings. The highest BCUT2D eigenvalue weighted by atomic mass is 16.5. The van der Waals surface area contributed by atoms with E-state index in [1.807, 2.05) is 0 Å². The van der Waals surface area contributed by atoms with Gasteiger partial charge in [-0.05, 0) is 63.3 Å². The third-order valence-electron chi connectivity index (χ3n) is 6.78. The van der Waals surface area contributed by atoms with Gasteiger partial charge in [-0.3, -0.25) is 14.6 Å². The molecular weight excluding hydrogens is 338 g/mol. The molecule has 0 unspecified atom stereocenters. The normalized spacial score (nSPS) is 26.7. The van der Waals surface area contributed by atoms with E-state index in [2.05, 4.69) is 41.2 Å². The number of carbonyl (C=O) groups excluding carboxylic acids is 1. The van der Waals surface area contributed by atoms with Crippen LogP contribution in [-0.4, -0.2) is 61.1 Å². The Labute approximate surface area is 163 Å². The Morgan fingerprint density at radius 2 is 1.96 bits per heavy atom. The highest BCUT2D eigenvalue weighted by Gasteiger charge is 2.40. The van der Waals surface area contributed by atoms with Crippen molar-refractivity contribution in [1.29, 1.82) is 0 Å². The molecule has 0 saturated carbocycles. The number of nitrogens with one attached hydrogen (secondary N) is 1.